The SMILES string of the molecule is Cc1ccc(-n2cc(C(=O)NCCC(=O)O)c(C(C)(C)C)n2)cc1. The number of aliphatic carboxylic acids is 1. The number of carboxylic acid groups (broad SMARTS) is 1. The Labute approximate surface area is 141 Å². The van der Waals surface area contributed by atoms with Crippen molar-refractivity contribution in [2.75, 3.05) is 6.54 Å². The third-order valence-corrected chi connectivity index (χ3v) is 3.59. The summed E-state index contributed by atoms with van der Waals surface area (Å²) in [4.78, 5) is 23.0. The molecular formula is C18H23N3O3. The molecule has 0 radical (unpaired) electrons. The minimum absolute atomic E-state index is 0.0907. The van der Waals surface area contributed by atoms with Crippen LogP contribution in [0.2, 0.25) is 0 Å². The van der Waals surface area contributed by atoms with Crippen molar-refractivity contribution in [1.29, 1.82) is 0 Å². The number of nitrogens with zero attached hydrogens (tertiary/aromatic N) is 2. The normalized spacial score (nSPS) is 11.3. The minimum atomic E-state index is -0.943. The first kappa shape index (κ1) is 17.7. The van der Waals surface area contributed by atoms with Gasteiger partial charge >= 0.3 is 5.97 Å². The smallest absolute Gasteiger partial charge is 0.305 e. The summed E-state index contributed by atoms with van der Waals surface area (Å²) in [7, 11) is 0. The highest BCUT2D eigenvalue weighted by Gasteiger charge is 2.26. The number of aromatic nitrogens is 2. The lowest BCUT2D eigenvalue weighted by Gasteiger charge is -2.17. The summed E-state index contributed by atoms with van der Waals surface area (Å²) >= 11 is 0. The van der Waals surface area contributed by atoms with Crippen molar-refractivity contribution in [3.63, 3.8) is 0 Å². The number of aryl methyl sites for hydroxylation is 1. The molecule has 6 heteroatoms. The molecule has 0 atom stereocenters. The lowest BCUT2D eigenvalue weighted by atomic mass is 9.89. The molecule has 2 rings (SSSR count). The molecule has 24 heavy (non-hydrogen) atoms. The molecule has 0 aliphatic heterocycles. The third kappa shape index (κ3) is 4.22. The van der Waals surface area contributed by atoms with Gasteiger partial charge in [0.1, 0.15) is 0 Å². The second kappa shape index (κ2) is 6.86. The van der Waals surface area contributed by atoms with Gasteiger partial charge < -0.3 is 10.4 Å². The van der Waals surface area contributed by atoms with Gasteiger partial charge in [-0.3, -0.25) is 9.59 Å². The number of benzene rings is 1. The highest BCUT2D eigenvalue weighted by Crippen LogP contribution is 2.25. The average Bonchev–Trinajstić information content (AvgIpc) is 2.93. The molecule has 0 aliphatic rings. The van der Waals surface area contributed by atoms with E-state index < -0.39 is 5.97 Å². The fraction of sp³-hybridized carbons (Fsp3) is 0.389. The first-order valence-corrected chi connectivity index (χ1v) is 7.85. The van der Waals surface area contributed by atoms with Crippen LogP contribution in [0.15, 0.2) is 30.5 Å². The maximum absolute atomic E-state index is 12.4. The van der Waals surface area contributed by atoms with Crippen LogP contribution in [0.1, 0.15) is 48.8 Å². The van der Waals surface area contributed by atoms with Crippen LogP contribution in [0.4, 0.5) is 0 Å². The molecule has 1 heterocycles. The van der Waals surface area contributed by atoms with Crippen LogP contribution >= 0.6 is 0 Å². The third-order valence-electron chi connectivity index (χ3n) is 3.59. The molecule has 0 bridgehead atoms. The highest BCUT2D eigenvalue weighted by atomic mass is 16.4. The predicted molar refractivity (Wildman–Crippen MR) is 91.6 cm³/mol. The van der Waals surface area contributed by atoms with Crippen LogP contribution in [-0.2, 0) is 10.2 Å². The van der Waals surface area contributed by atoms with E-state index in [0.717, 1.165) is 11.3 Å². The maximum atomic E-state index is 12.4. The highest BCUT2D eigenvalue weighted by molar-refractivity contribution is 5.95. The van der Waals surface area contributed by atoms with E-state index in [0.29, 0.717) is 11.3 Å². The van der Waals surface area contributed by atoms with Crippen molar-refractivity contribution in [2.24, 2.45) is 0 Å². The Morgan fingerprint density at radius 2 is 1.83 bits per heavy atom. The standard InChI is InChI=1S/C18H23N3O3/c1-12-5-7-13(8-6-12)21-11-14(16(20-21)18(2,3)4)17(24)19-10-9-15(22)23/h5-8,11H,9-10H2,1-4H3,(H,19,24)(H,22,23). The first-order valence-electron chi connectivity index (χ1n) is 7.85. The van der Waals surface area contributed by atoms with Gasteiger partial charge in [0.2, 0.25) is 0 Å². The fourth-order valence-electron chi connectivity index (χ4n) is 2.30. The first-order chi connectivity index (χ1) is 11.2. The second-order valence-corrected chi connectivity index (χ2v) is 6.82. The summed E-state index contributed by atoms with van der Waals surface area (Å²) in [5, 5.41) is 15.9. The van der Waals surface area contributed by atoms with E-state index >= 15 is 0 Å². The van der Waals surface area contributed by atoms with Crippen LogP contribution < -0.4 is 5.32 Å². The number of carbonyl (C=O) groups excluding carboxylic acids is 1. The summed E-state index contributed by atoms with van der Waals surface area (Å²) in [5.41, 5.74) is 2.85. The molecule has 0 saturated carbocycles. The molecule has 6 nitrogen and oxygen atoms in total. The molecule has 0 unspecified atom stereocenters. The Morgan fingerprint density at radius 3 is 2.38 bits per heavy atom. The summed E-state index contributed by atoms with van der Waals surface area (Å²) in [6.07, 6.45) is 1.59. The Hall–Kier alpha value is -2.63. The molecule has 2 aromatic rings. The number of carbonyl (C=O) groups is 2. The Bertz CT molecular complexity index is 740. The predicted octanol–water partition coefficient (Wildman–Crippen LogP) is 2.68. The summed E-state index contributed by atoms with van der Waals surface area (Å²) in [6.45, 7) is 8.07. The molecular weight excluding hydrogens is 306 g/mol. The van der Waals surface area contributed by atoms with Gasteiger partial charge in [-0.25, -0.2) is 4.68 Å². The van der Waals surface area contributed by atoms with E-state index in [9.17, 15) is 9.59 Å². The van der Waals surface area contributed by atoms with E-state index in [1.54, 1.807) is 10.9 Å². The molecule has 0 aliphatic carbocycles. The van der Waals surface area contributed by atoms with Gasteiger partial charge in [-0.15, -0.1) is 0 Å². The molecule has 1 aromatic heterocycles. The number of amides is 1. The fourth-order valence-corrected chi connectivity index (χ4v) is 2.30. The van der Waals surface area contributed by atoms with Crippen molar-refractivity contribution in [2.45, 2.75) is 39.5 Å². The number of carboxylic acids is 1. The number of hydrogen-bond acceptors (Lipinski definition) is 3. The van der Waals surface area contributed by atoms with Crippen LogP contribution in [0, 0.1) is 6.92 Å². The molecule has 0 spiro atoms. The molecule has 0 fully saturated rings. The minimum Gasteiger partial charge on any atom is -0.481 e. The van der Waals surface area contributed by atoms with Gasteiger partial charge in [0.15, 0.2) is 0 Å². The van der Waals surface area contributed by atoms with Crippen LogP contribution in [0.25, 0.3) is 5.69 Å². The monoisotopic (exact) mass is 329 g/mol. The summed E-state index contributed by atoms with van der Waals surface area (Å²) in [6, 6.07) is 7.86. The van der Waals surface area contributed by atoms with Gasteiger partial charge in [-0.1, -0.05) is 38.5 Å². The van der Waals surface area contributed by atoms with Crippen molar-refractivity contribution in [3.8, 4) is 5.69 Å². The maximum Gasteiger partial charge on any atom is 0.305 e. The summed E-state index contributed by atoms with van der Waals surface area (Å²) in [5.74, 6) is -1.25. The Balaban J connectivity index is 2.33. The summed E-state index contributed by atoms with van der Waals surface area (Å²) < 4.78 is 1.69. The van der Waals surface area contributed by atoms with E-state index in [1.807, 2.05) is 52.0 Å². The zero-order chi connectivity index (χ0) is 17.9. The number of rotatable bonds is 5. The van der Waals surface area contributed by atoms with Gasteiger partial charge in [0, 0.05) is 18.2 Å². The molecule has 1 amide bonds. The Morgan fingerprint density at radius 1 is 1.21 bits per heavy atom. The average molecular weight is 329 g/mol. The van der Waals surface area contributed by atoms with E-state index in [-0.39, 0.29) is 24.3 Å². The van der Waals surface area contributed by atoms with Gasteiger partial charge in [-0.05, 0) is 19.1 Å². The van der Waals surface area contributed by atoms with E-state index in [1.165, 1.54) is 0 Å². The molecule has 0 saturated heterocycles. The lowest BCUT2D eigenvalue weighted by Crippen LogP contribution is -2.28. The largest absolute Gasteiger partial charge is 0.481 e. The zero-order valence-corrected chi connectivity index (χ0v) is 14.5. The number of hydrogen-bond donors (Lipinski definition) is 2. The Kier molecular flexibility index (Phi) is 5.07. The van der Waals surface area contributed by atoms with E-state index in [4.69, 9.17) is 5.11 Å². The number of nitrogens with one attached hydrogen (secondary N) is 1. The van der Waals surface area contributed by atoms with Crippen LogP contribution in [0.3, 0.4) is 0 Å². The van der Waals surface area contributed by atoms with Crippen molar-refractivity contribution >= 4 is 11.9 Å². The lowest BCUT2D eigenvalue weighted by molar-refractivity contribution is -0.136. The molecule has 1 aromatic carbocycles. The second-order valence-electron chi connectivity index (χ2n) is 6.82. The van der Waals surface area contributed by atoms with Crippen LogP contribution in [0.5, 0.6) is 0 Å². The van der Waals surface area contributed by atoms with Crippen LogP contribution in [-0.4, -0.2) is 33.3 Å². The van der Waals surface area contributed by atoms with Gasteiger partial charge in [0.05, 0.1) is 23.4 Å². The van der Waals surface area contributed by atoms with Crippen molar-refractivity contribution < 1.29 is 14.7 Å². The topological polar surface area (TPSA) is 84.2 Å². The molecule has 2 N–H and O–H groups in total. The quantitative estimate of drug-likeness (QED) is 0.883. The molecule has 128 valence electrons. The van der Waals surface area contributed by atoms with Gasteiger partial charge in [0.25, 0.3) is 5.91 Å². The van der Waals surface area contributed by atoms with E-state index in [2.05, 4.69) is 10.4 Å². The van der Waals surface area contributed by atoms with Gasteiger partial charge in [-0.2, -0.15) is 5.10 Å². The van der Waals surface area contributed by atoms with Crippen molar-refractivity contribution in [1.82, 2.24) is 15.1 Å². The van der Waals surface area contributed by atoms with Crippen molar-refractivity contribution in [3.05, 3.63) is 47.3 Å². The zero-order valence-electron chi connectivity index (χ0n) is 14.5.